The van der Waals surface area contributed by atoms with Gasteiger partial charge >= 0.3 is 7.60 Å². The molecule has 3 nitrogen and oxygen atoms in total. The summed E-state index contributed by atoms with van der Waals surface area (Å²) in [4.78, 5) is 0. The second kappa shape index (κ2) is 6.49. The van der Waals surface area contributed by atoms with Crippen molar-refractivity contribution >= 4 is 7.60 Å². The van der Waals surface area contributed by atoms with Crippen LogP contribution in [0.5, 0.6) is 0 Å². The quantitative estimate of drug-likeness (QED) is 0.534. The minimum atomic E-state index is -3.33. The number of hydrogen-bond donors (Lipinski definition) is 0. The van der Waals surface area contributed by atoms with Crippen LogP contribution in [0.1, 0.15) is 20.8 Å². The summed E-state index contributed by atoms with van der Waals surface area (Å²) in [5, 5.41) is 0. The van der Waals surface area contributed by atoms with Crippen molar-refractivity contribution in [1.29, 1.82) is 0 Å². The molecule has 0 heterocycles. The lowest BCUT2D eigenvalue weighted by Crippen LogP contribution is -2.08. The minimum Gasteiger partial charge on any atom is -0.289 e. The van der Waals surface area contributed by atoms with E-state index in [1.165, 1.54) is 5.82 Å². The monoisotopic (exact) mass is 226 g/mol. The van der Waals surface area contributed by atoms with Crippen molar-refractivity contribution in [3.05, 3.63) is 11.9 Å². The van der Waals surface area contributed by atoms with Crippen LogP contribution in [0.3, 0.4) is 0 Å². The first-order valence-corrected chi connectivity index (χ1v) is 6.11. The average Bonchev–Trinajstić information content (AvgIpc) is 2.17. The summed E-state index contributed by atoms with van der Waals surface area (Å²) in [7, 11) is -3.33. The molecule has 2 unspecified atom stereocenters. The summed E-state index contributed by atoms with van der Waals surface area (Å²) < 4.78 is 22.3. The van der Waals surface area contributed by atoms with Crippen LogP contribution in [0.2, 0.25) is 0 Å². The highest BCUT2D eigenvalue weighted by Gasteiger charge is 2.25. The summed E-state index contributed by atoms with van der Waals surface area (Å²) in [6, 6.07) is 0. The Kier molecular flexibility index (Phi) is 6.06. The van der Waals surface area contributed by atoms with Crippen molar-refractivity contribution in [1.82, 2.24) is 0 Å². The molecular weight excluding hydrogens is 211 g/mol. The van der Waals surface area contributed by atoms with Crippen LogP contribution in [0.4, 0.5) is 0 Å². The number of rotatable bonds is 5. The SMILES string of the molecule is C#CC(C)OP(=O)(C=CC)OC(C)C#C. The van der Waals surface area contributed by atoms with E-state index in [4.69, 9.17) is 21.9 Å². The molecule has 0 aliphatic carbocycles. The minimum absolute atomic E-state index is 0.586. The molecule has 0 aliphatic heterocycles. The van der Waals surface area contributed by atoms with Crippen LogP contribution in [0.15, 0.2) is 11.9 Å². The number of hydrogen-bond acceptors (Lipinski definition) is 3. The maximum absolute atomic E-state index is 12.0. The first-order valence-electron chi connectivity index (χ1n) is 4.50. The molecule has 0 spiro atoms. The standard InChI is InChI=1S/C11H15O3P/c1-6-9-15(12,13-10(4)7-2)14-11(5)8-3/h2-3,6,9-11H,1,4-5H3. The topological polar surface area (TPSA) is 35.5 Å². The fraction of sp³-hybridized carbons (Fsp3) is 0.455. The van der Waals surface area contributed by atoms with E-state index >= 15 is 0 Å². The summed E-state index contributed by atoms with van der Waals surface area (Å²) >= 11 is 0. The second-order valence-corrected chi connectivity index (χ2v) is 4.65. The molecular formula is C11H15O3P. The van der Waals surface area contributed by atoms with E-state index in [1.807, 2.05) is 0 Å². The van der Waals surface area contributed by atoms with Crippen LogP contribution in [0.25, 0.3) is 0 Å². The zero-order valence-corrected chi connectivity index (χ0v) is 10.0. The molecule has 82 valence electrons. The third-order valence-corrected chi connectivity index (χ3v) is 3.29. The van der Waals surface area contributed by atoms with Gasteiger partial charge in [0.05, 0.1) is 0 Å². The Hall–Kier alpha value is -0.990. The predicted molar refractivity (Wildman–Crippen MR) is 61.2 cm³/mol. The Morgan fingerprint density at radius 3 is 1.87 bits per heavy atom. The molecule has 0 aromatic heterocycles. The number of allylic oxidation sites excluding steroid dienone is 1. The van der Waals surface area contributed by atoms with E-state index in [2.05, 4.69) is 11.8 Å². The Morgan fingerprint density at radius 1 is 1.20 bits per heavy atom. The highest BCUT2D eigenvalue weighted by molar-refractivity contribution is 7.57. The molecule has 0 saturated heterocycles. The van der Waals surface area contributed by atoms with Gasteiger partial charge in [-0.05, 0) is 20.8 Å². The molecule has 0 N–H and O–H groups in total. The van der Waals surface area contributed by atoms with Crippen molar-refractivity contribution in [2.24, 2.45) is 0 Å². The summed E-state index contributed by atoms with van der Waals surface area (Å²) in [6.45, 7) is 4.93. The predicted octanol–water partition coefficient (Wildman–Crippen LogP) is 2.79. The first kappa shape index (κ1) is 14.0. The molecule has 0 fully saturated rings. The van der Waals surface area contributed by atoms with E-state index < -0.39 is 19.8 Å². The molecule has 0 bridgehead atoms. The van der Waals surface area contributed by atoms with E-state index in [-0.39, 0.29) is 0 Å². The second-order valence-electron chi connectivity index (χ2n) is 2.85. The molecule has 0 amide bonds. The van der Waals surface area contributed by atoms with Gasteiger partial charge in [-0.2, -0.15) is 0 Å². The van der Waals surface area contributed by atoms with Crippen LogP contribution >= 0.6 is 7.60 Å². The molecule has 0 saturated carbocycles. The Bertz CT molecular complexity index is 320. The van der Waals surface area contributed by atoms with Gasteiger partial charge in [0.2, 0.25) is 0 Å². The van der Waals surface area contributed by atoms with Crippen molar-refractivity contribution in [2.45, 2.75) is 33.0 Å². The lowest BCUT2D eigenvalue weighted by Gasteiger charge is -2.18. The van der Waals surface area contributed by atoms with Gasteiger partial charge in [-0.25, -0.2) is 0 Å². The van der Waals surface area contributed by atoms with E-state index in [1.54, 1.807) is 26.8 Å². The van der Waals surface area contributed by atoms with Crippen molar-refractivity contribution in [3.63, 3.8) is 0 Å². The molecule has 0 aliphatic rings. The van der Waals surface area contributed by atoms with Gasteiger partial charge in [0, 0.05) is 5.82 Å². The summed E-state index contributed by atoms with van der Waals surface area (Å²) in [6.07, 6.45) is 10.6. The maximum Gasteiger partial charge on any atom is 0.356 e. The van der Waals surface area contributed by atoms with Crippen LogP contribution in [0, 0.1) is 24.7 Å². The molecule has 0 aromatic carbocycles. The smallest absolute Gasteiger partial charge is 0.289 e. The van der Waals surface area contributed by atoms with Gasteiger partial charge in [0.15, 0.2) is 0 Å². The fourth-order valence-corrected chi connectivity index (χ4v) is 2.34. The van der Waals surface area contributed by atoms with Gasteiger partial charge in [-0.1, -0.05) is 17.9 Å². The van der Waals surface area contributed by atoms with Crippen molar-refractivity contribution < 1.29 is 13.6 Å². The van der Waals surface area contributed by atoms with Gasteiger partial charge < -0.3 is 0 Å². The third-order valence-electron chi connectivity index (χ3n) is 1.41. The van der Waals surface area contributed by atoms with E-state index in [0.29, 0.717) is 0 Å². The molecule has 15 heavy (non-hydrogen) atoms. The van der Waals surface area contributed by atoms with Gasteiger partial charge in [-0.15, -0.1) is 12.8 Å². The van der Waals surface area contributed by atoms with Crippen LogP contribution in [-0.2, 0) is 13.6 Å². The normalized spacial score (nSPS) is 18.7. The van der Waals surface area contributed by atoms with Crippen molar-refractivity contribution in [3.8, 4) is 24.7 Å². The lowest BCUT2D eigenvalue weighted by atomic mass is 10.4. The largest absolute Gasteiger partial charge is 0.356 e. The van der Waals surface area contributed by atoms with Crippen molar-refractivity contribution in [2.75, 3.05) is 0 Å². The van der Waals surface area contributed by atoms with Gasteiger partial charge in [0.25, 0.3) is 0 Å². The molecule has 0 radical (unpaired) electrons. The zero-order valence-electron chi connectivity index (χ0n) is 9.14. The molecule has 4 heteroatoms. The maximum atomic E-state index is 12.0. The molecule has 2 atom stereocenters. The van der Waals surface area contributed by atoms with E-state index in [9.17, 15) is 4.57 Å². The van der Waals surface area contributed by atoms with Crippen LogP contribution < -0.4 is 0 Å². The van der Waals surface area contributed by atoms with Gasteiger partial charge in [-0.3, -0.25) is 13.6 Å². The highest BCUT2D eigenvalue weighted by Crippen LogP contribution is 2.51. The fourth-order valence-electron chi connectivity index (χ4n) is 0.779. The van der Waals surface area contributed by atoms with Crippen LogP contribution in [-0.4, -0.2) is 12.2 Å². The number of terminal acetylenes is 2. The Morgan fingerprint density at radius 2 is 1.60 bits per heavy atom. The van der Waals surface area contributed by atoms with E-state index in [0.717, 1.165) is 0 Å². The summed E-state index contributed by atoms with van der Waals surface area (Å²) in [5.74, 6) is 5.96. The Labute approximate surface area is 91.4 Å². The molecule has 0 aromatic rings. The lowest BCUT2D eigenvalue weighted by molar-refractivity contribution is 0.178. The van der Waals surface area contributed by atoms with Gasteiger partial charge in [0.1, 0.15) is 12.2 Å². The third kappa shape index (κ3) is 5.45. The highest BCUT2D eigenvalue weighted by atomic mass is 31.2. The zero-order chi connectivity index (χ0) is 11.9. The first-order chi connectivity index (χ1) is 6.97. The molecule has 0 rings (SSSR count). The summed E-state index contributed by atoms with van der Waals surface area (Å²) in [5.41, 5.74) is 0. The Balaban J connectivity index is 4.70. The average molecular weight is 226 g/mol.